The van der Waals surface area contributed by atoms with Crippen LogP contribution in [0.4, 0.5) is 0 Å². The summed E-state index contributed by atoms with van der Waals surface area (Å²) in [7, 11) is 0. The maximum Gasteiger partial charge on any atom is 0.307 e. The predicted octanol–water partition coefficient (Wildman–Crippen LogP) is 3.59. The van der Waals surface area contributed by atoms with Gasteiger partial charge in [0, 0.05) is 11.4 Å². The first-order valence-corrected chi connectivity index (χ1v) is 9.05. The van der Waals surface area contributed by atoms with Gasteiger partial charge >= 0.3 is 5.97 Å². The lowest BCUT2D eigenvalue weighted by Crippen LogP contribution is -2.26. The standard InChI is InChI=1S/C19H21NO3S/c1-12(2)23-17(21)9-10-20-19(22)16-11-14-8-7-13-5-3-4-6-15(13)18(14)24-16/h3-6,11-12H,7-10H2,1-2H3,(H,20,22). The molecular formula is C19H21NO3S. The fraction of sp³-hybridized carbons (Fsp3) is 0.368. The van der Waals surface area contributed by atoms with Crippen LogP contribution in [-0.2, 0) is 22.4 Å². The van der Waals surface area contributed by atoms with E-state index < -0.39 is 0 Å². The molecule has 24 heavy (non-hydrogen) atoms. The van der Waals surface area contributed by atoms with E-state index in [1.54, 1.807) is 0 Å². The Morgan fingerprint density at radius 1 is 1.21 bits per heavy atom. The molecule has 1 amide bonds. The second-order valence-corrected chi connectivity index (χ2v) is 7.22. The van der Waals surface area contributed by atoms with Crippen LogP contribution < -0.4 is 5.32 Å². The number of fused-ring (bicyclic) bond motifs is 3. The molecule has 1 aliphatic rings. The number of nitrogens with one attached hydrogen (secondary N) is 1. The minimum atomic E-state index is -0.287. The van der Waals surface area contributed by atoms with Crippen molar-refractivity contribution in [1.29, 1.82) is 0 Å². The van der Waals surface area contributed by atoms with Crippen molar-refractivity contribution in [2.24, 2.45) is 0 Å². The van der Waals surface area contributed by atoms with Gasteiger partial charge in [-0.3, -0.25) is 9.59 Å². The summed E-state index contributed by atoms with van der Waals surface area (Å²) in [5.74, 6) is -0.408. The summed E-state index contributed by atoms with van der Waals surface area (Å²) in [6.07, 6.45) is 2.05. The van der Waals surface area contributed by atoms with E-state index in [0.717, 1.165) is 12.8 Å². The first-order valence-electron chi connectivity index (χ1n) is 8.23. The number of carbonyl (C=O) groups excluding carboxylic acids is 2. The molecule has 0 saturated carbocycles. The molecule has 0 spiro atoms. The highest BCUT2D eigenvalue weighted by atomic mass is 32.1. The fourth-order valence-electron chi connectivity index (χ4n) is 2.87. The summed E-state index contributed by atoms with van der Waals surface area (Å²) >= 11 is 1.53. The minimum absolute atomic E-state index is 0.121. The maximum atomic E-state index is 12.3. The Morgan fingerprint density at radius 3 is 2.75 bits per heavy atom. The first-order chi connectivity index (χ1) is 11.5. The van der Waals surface area contributed by atoms with Crippen LogP contribution in [0.3, 0.4) is 0 Å². The van der Waals surface area contributed by atoms with E-state index >= 15 is 0 Å². The molecule has 0 atom stereocenters. The number of esters is 1. The highest BCUT2D eigenvalue weighted by molar-refractivity contribution is 7.17. The van der Waals surface area contributed by atoms with Gasteiger partial charge in [-0.15, -0.1) is 11.3 Å². The highest BCUT2D eigenvalue weighted by Gasteiger charge is 2.21. The minimum Gasteiger partial charge on any atom is -0.463 e. The Balaban J connectivity index is 1.64. The summed E-state index contributed by atoms with van der Waals surface area (Å²) in [6, 6.07) is 10.3. The third kappa shape index (κ3) is 3.67. The van der Waals surface area contributed by atoms with E-state index in [1.807, 2.05) is 26.0 Å². The number of amides is 1. The Bertz CT molecular complexity index is 764. The van der Waals surface area contributed by atoms with Crippen LogP contribution >= 0.6 is 11.3 Å². The van der Waals surface area contributed by atoms with Crippen LogP contribution in [0.25, 0.3) is 10.4 Å². The summed E-state index contributed by atoms with van der Waals surface area (Å²) in [6.45, 7) is 3.92. The molecular weight excluding hydrogens is 322 g/mol. The molecule has 1 aromatic heterocycles. The van der Waals surface area contributed by atoms with Gasteiger partial charge in [-0.2, -0.15) is 0 Å². The summed E-state index contributed by atoms with van der Waals surface area (Å²) in [4.78, 5) is 25.7. The normalized spacial score (nSPS) is 12.5. The lowest BCUT2D eigenvalue weighted by Gasteiger charge is -2.15. The first kappa shape index (κ1) is 16.7. The second kappa shape index (κ2) is 7.18. The molecule has 3 rings (SSSR count). The lowest BCUT2D eigenvalue weighted by atomic mass is 9.91. The van der Waals surface area contributed by atoms with Crippen LogP contribution in [0.1, 0.15) is 41.1 Å². The van der Waals surface area contributed by atoms with Crippen molar-refractivity contribution in [1.82, 2.24) is 5.32 Å². The zero-order valence-electron chi connectivity index (χ0n) is 13.9. The van der Waals surface area contributed by atoms with Crippen molar-refractivity contribution in [3.05, 3.63) is 46.3 Å². The molecule has 0 radical (unpaired) electrons. The highest BCUT2D eigenvalue weighted by Crippen LogP contribution is 2.39. The summed E-state index contributed by atoms with van der Waals surface area (Å²) in [5.41, 5.74) is 3.82. The van der Waals surface area contributed by atoms with Gasteiger partial charge in [0.15, 0.2) is 0 Å². The number of rotatable bonds is 5. The van der Waals surface area contributed by atoms with Crippen LogP contribution in [-0.4, -0.2) is 24.5 Å². The molecule has 0 aliphatic heterocycles. The molecule has 1 heterocycles. The number of ether oxygens (including phenoxy) is 1. The molecule has 0 bridgehead atoms. The number of thiophene rings is 1. The van der Waals surface area contributed by atoms with Crippen molar-refractivity contribution >= 4 is 23.2 Å². The predicted molar refractivity (Wildman–Crippen MR) is 95.3 cm³/mol. The second-order valence-electron chi connectivity index (χ2n) is 6.17. The SMILES string of the molecule is CC(C)OC(=O)CCNC(=O)c1cc2c(s1)-c1ccccc1CC2. The molecule has 0 fully saturated rings. The van der Waals surface area contributed by atoms with Gasteiger partial charge in [0.25, 0.3) is 5.91 Å². The maximum absolute atomic E-state index is 12.3. The van der Waals surface area contributed by atoms with Crippen LogP contribution in [0.5, 0.6) is 0 Å². The van der Waals surface area contributed by atoms with E-state index in [4.69, 9.17) is 4.74 Å². The molecule has 0 unspecified atom stereocenters. The summed E-state index contributed by atoms with van der Waals surface area (Å²) in [5, 5.41) is 2.81. The molecule has 1 aliphatic carbocycles. The molecule has 4 nitrogen and oxygen atoms in total. The number of hydrogen-bond donors (Lipinski definition) is 1. The van der Waals surface area contributed by atoms with Crippen LogP contribution in [0.15, 0.2) is 30.3 Å². The molecule has 0 saturated heterocycles. The van der Waals surface area contributed by atoms with Crippen molar-refractivity contribution in [2.45, 2.75) is 39.2 Å². The van der Waals surface area contributed by atoms with Gasteiger partial charge in [-0.05, 0) is 49.4 Å². The zero-order valence-corrected chi connectivity index (χ0v) is 14.7. The van der Waals surface area contributed by atoms with Crippen molar-refractivity contribution in [3.8, 4) is 10.4 Å². The lowest BCUT2D eigenvalue weighted by molar-refractivity contribution is -0.147. The third-order valence-corrected chi connectivity index (χ3v) is 5.15. The smallest absolute Gasteiger partial charge is 0.307 e. The van der Waals surface area contributed by atoms with Crippen molar-refractivity contribution in [3.63, 3.8) is 0 Å². The largest absolute Gasteiger partial charge is 0.463 e. The average molecular weight is 343 g/mol. The Morgan fingerprint density at radius 2 is 1.96 bits per heavy atom. The van der Waals surface area contributed by atoms with Gasteiger partial charge in [0.2, 0.25) is 0 Å². The Hall–Kier alpha value is -2.14. The van der Waals surface area contributed by atoms with E-state index in [0.29, 0.717) is 11.4 Å². The number of benzene rings is 1. The number of hydrogen-bond acceptors (Lipinski definition) is 4. The van der Waals surface area contributed by atoms with E-state index in [-0.39, 0.29) is 24.4 Å². The van der Waals surface area contributed by atoms with Crippen molar-refractivity contribution < 1.29 is 14.3 Å². The topological polar surface area (TPSA) is 55.4 Å². The number of carbonyl (C=O) groups is 2. The number of aryl methyl sites for hydroxylation is 2. The van der Waals surface area contributed by atoms with Gasteiger partial charge in [-0.1, -0.05) is 24.3 Å². The summed E-state index contributed by atoms with van der Waals surface area (Å²) < 4.78 is 5.06. The van der Waals surface area contributed by atoms with E-state index in [2.05, 4.69) is 23.5 Å². The molecule has 1 N–H and O–H groups in total. The van der Waals surface area contributed by atoms with Crippen molar-refractivity contribution in [2.75, 3.05) is 6.54 Å². The van der Waals surface area contributed by atoms with Crippen LogP contribution in [0.2, 0.25) is 0 Å². The molecule has 1 aromatic carbocycles. The average Bonchev–Trinajstić information content (AvgIpc) is 2.98. The van der Waals surface area contributed by atoms with E-state index in [9.17, 15) is 9.59 Å². The van der Waals surface area contributed by atoms with Gasteiger partial charge < -0.3 is 10.1 Å². The van der Waals surface area contributed by atoms with Gasteiger partial charge in [0.1, 0.15) is 0 Å². The molecule has 2 aromatic rings. The molecule has 126 valence electrons. The quantitative estimate of drug-likeness (QED) is 0.844. The Kier molecular flexibility index (Phi) is 5.00. The fourth-order valence-corrected chi connectivity index (χ4v) is 4.06. The Labute approximate surface area is 145 Å². The van der Waals surface area contributed by atoms with Gasteiger partial charge in [-0.25, -0.2) is 0 Å². The van der Waals surface area contributed by atoms with E-state index in [1.165, 1.54) is 32.9 Å². The molecule has 5 heteroatoms. The zero-order chi connectivity index (χ0) is 17.1. The van der Waals surface area contributed by atoms with Crippen LogP contribution in [0, 0.1) is 0 Å². The third-order valence-electron chi connectivity index (χ3n) is 3.94. The monoisotopic (exact) mass is 343 g/mol. The van der Waals surface area contributed by atoms with Gasteiger partial charge in [0.05, 0.1) is 17.4 Å².